The Morgan fingerprint density at radius 2 is 1.79 bits per heavy atom. The van der Waals surface area contributed by atoms with Crippen LogP contribution < -0.4 is 5.56 Å². The van der Waals surface area contributed by atoms with E-state index < -0.39 is 0 Å². The first-order valence-electron chi connectivity index (χ1n) is 7.99. The summed E-state index contributed by atoms with van der Waals surface area (Å²) < 4.78 is 2.41. The summed E-state index contributed by atoms with van der Waals surface area (Å²) in [7, 11) is 2.04. The van der Waals surface area contributed by atoms with Gasteiger partial charge >= 0.3 is 0 Å². The fourth-order valence-corrected chi connectivity index (χ4v) is 3.07. The van der Waals surface area contributed by atoms with Gasteiger partial charge < -0.3 is 0 Å². The van der Waals surface area contributed by atoms with E-state index in [2.05, 4.69) is 57.0 Å². The topological polar surface area (TPSA) is 37.6 Å². The fraction of sp³-hybridized carbons (Fsp3) is 0.263. The maximum Gasteiger partial charge on any atom is 0.258 e. The minimum atomic E-state index is -0.0583. The van der Waals surface area contributed by atoms with E-state index in [1.807, 2.05) is 19.2 Å². The van der Waals surface area contributed by atoms with Crippen molar-refractivity contribution in [3.05, 3.63) is 80.3 Å². The van der Waals surface area contributed by atoms with E-state index in [1.54, 1.807) is 16.7 Å². The van der Waals surface area contributed by atoms with Gasteiger partial charge in [-0.2, -0.15) is 0 Å². The van der Waals surface area contributed by atoms with Crippen LogP contribution in [0.1, 0.15) is 23.7 Å². The lowest BCUT2D eigenvalue weighted by Crippen LogP contribution is -2.21. The minimum absolute atomic E-state index is 0.0583. The molecule has 5 heteroatoms. The molecule has 0 saturated carbocycles. The fourth-order valence-electron chi connectivity index (χ4n) is 2.73. The summed E-state index contributed by atoms with van der Waals surface area (Å²) in [4.78, 5) is 19.0. The lowest BCUT2D eigenvalue weighted by Gasteiger charge is -2.16. The van der Waals surface area contributed by atoms with Crippen molar-refractivity contribution in [2.75, 3.05) is 7.05 Å². The van der Waals surface area contributed by atoms with Gasteiger partial charge in [0.15, 0.2) is 0 Å². The lowest BCUT2D eigenvalue weighted by molar-refractivity contribution is 0.315. The van der Waals surface area contributed by atoms with Crippen molar-refractivity contribution in [2.24, 2.45) is 0 Å². The first-order chi connectivity index (χ1) is 11.5. The molecule has 2 aromatic heterocycles. The SMILES string of the molecule is CCc1ccc(CN(C)Cc2cc(=O)n3cc(Br)ccc3n2)cc1. The molecule has 0 aliphatic heterocycles. The van der Waals surface area contributed by atoms with Crippen molar-refractivity contribution in [3.63, 3.8) is 0 Å². The van der Waals surface area contributed by atoms with Crippen LogP contribution in [0.25, 0.3) is 5.65 Å². The number of hydrogen-bond acceptors (Lipinski definition) is 3. The molecule has 2 heterocycles. The third kappa shape index (κ3) is 3.91. The highest BCUT2D eigenvalue weighted by molar-refractivity contribution is 9.10. The summed E-state index contributed by atoms with van der Waals surface area (Å²) in [6.07, 6.45) is 2.80. The maximum atomic E-state index is 12.2. The Morgan fingerprint density at radius 1 is 1.08 bits per heavy atom. The smallest absolute Gasteiger partial charge is 0.258 e. The molecule has 3 rings (SSSR count). The highest BCUT2D eigenvalue weighted by Gasteiger charge is 2.07. The zero-order valence-corrected chi connectivity index (χ0v) is 15.5. The van der Waals surface area contributed by atoms with Crippen molar-refractivity contribution < 1.29 is 0 Å². The van der Waals surface area contributed by atoms with Gasteiger partial charge in [0.05, 0.1) is 5.69 Å². The Hall–Kier alpha value is -1.98. The van der Waals surface area contributed by atoms with Crippen LogP contribution in [0.4, 0.5) is 0 Å². The van der Waals surface area contributed by atoms with Crippen LogP contribution in [-0.4, -0.2) is 21.3 Å². The molecule has 0 spiro atoms. The van der Waals surface area contributed by atoms with Gasteiger partial charge in [0, 0.05) is 29.8 Å². The number of fused-ring (bicyclic) bond motifs is 1. The van der Waals surface area contributed by atoms with Gasteiger partial charge in [-0.25, -0.2) is 4.98 Å². The quantitative estimate of drug-likeness (QED) is 0.672. The number of nitrogens with zero attached hydrogens (tertiary/aromatic N) is 3. The lowest BCUT2D eigenvalue weighted by atomic mass is 10.1. The molecule has 0 aliphatic carbocycles. The molecule has 0 unspecified atom stereocenters. The van der Waals surface area contributed by atoms with Gasteiger partial charge in [0.25, 0.3) is 5.56 Å². The Morgan fingerprint density at radius 3 is 2.50 bits per heavy atom. The summed E-state index contributed by atoms with van der Waals surface area (Å²) in [6, 6.07) is 14.0. The van der Waals surface area contributed by atoms with Crippen LogP contribution in [0, 0.1) is 0 Å². The van der Waals surface area contributed by atoms with Gasteiger partial charge in [-0.1, -0.05) is 31.2 Å². The van der Waals surface area contributed by atoms with E-state index in [9.17, 15) is 4.79 Å². The minimum Gasteiger partial charge on any atom is -0.296 e. The molecule has 0 amide bonds. The molecule has 0 fully saturated rings. The summed E-state index contributed by atoms with van der Waals surface area (Å²) in [6.45, 7) is 3.62. The molecule has 0 radical (unpaired) electrons. The van der Waals surface area contributed by atoms with Crippen molar-refractivity contribution in [3.8, 4) is 0 Å². The molecule has 0 N–H and O–H groups in total. The van der Waals surface area contributed by atoms with Gasteiger partial charge in [-0.3, -0.25) is 14.1 Å². The zero-order chi connectivity index (χ0) is 17.1. The third-order valence-corrected chi connectivity index (χ3v) is 4.46. The van der Waals surface area contributed by atoms with E-state index in [4.69, 9.17) is 0 Å². The van der Waals surface area contributed by atoms with E-state index >= 15 is 0 Å². The molecule has 3 aromatic rings. The number of halogens is 1. The first-order valence-corrected chi connectivity index (χ1v) is 8.78. The largest absolute Gasteiger partial charge is 0.296 e. The van der Waals surface area contributed by atoms with E-state index in [1.165, 1.54) is 11.1 Å². The highest BCUT2D eigenvalue weighted by Crippen LogP contribution is 2.11. The molecule has 0 aliphatic rings. The van der Waals surface area contributed by atoms with E-state index in [0.717, 1.165) is 23.1 Å². The normalized spacial score (nSPS) is 11.3. The third-order valence-electron chi connectivity index (χ3n) is 3.99. The Labute approximate surface area is 149 Å². The van der Waals surface area contributed by atoms with Crippen LogP contribution in [0.5, 0.6) is 0 Å². The molecular formula is C19H20BrN3O. The molecule has 0 saturated heterocycles. The Bertz CT molecular complexity index is 903. The standard InChI is InChI=1S/C19H20BrN3O/c1-3-14-4-6-15(7-5-14)11-22(2)13-17-10-19(24)23-12-16(20)8-9-18(23)21-17/h4-10,12H,3,11,13H2,1-2H3. The number of benzene rings is 1. The van der Waals surface area contributed by atoms with Crippen LogP contribution in [-0.2, 0) is 19.5 Å². The highest BCUT2D eigenvalue weighted by atomic mass is 79.9. The molecular weight excluding hydrogens is 366 g/mol. The second kappa shape index (κ2) is 7.28. The summed E-state index contributed by atoms with van der Waals surface area (Å²) in [5, 5.41) is 0. The van der Waals surface area contributed by atoms with Gasteiger partial charge in [0.1, 0.15) is 5.65 Å². The second-order valence-electron chi connectivity index (χ2n) is 6.00. The van der Waals surface area contributed by atoms with E-state index in [0.29, 0.717) is 12.2 Å². The first kappa shape index (κ1) is 16.9. The van der Waals surface area contributed by atoms with Crippen LogP contribution in [0.15, 0.2) is 57.9 Å². The van der Waals surface area contributed by atoms with Crippen molar-refractivity contribution in [2.45, 2.75) is 26.4 Å². The summed E-state index contributed by atoms with van der Waals surface area (Å²) in [5.74, 6) is 0. The number of rotatable bonds is 5. The predicted octanol–water partition coefficient (Wildman–Crippen LogP) is 3.65. The van der Waals surface area contributed by atoms with Crippen LogP contribution in [0.2, 0.25) is 0 Å². The maximum absolute atomic E-state index is 12.2. The predicted molar refractivity (Wildman–Crippen MR) is 100 cm³/mol. The van der Waals surface area contributed by atoms with Crippen LogP contribution in [0.3, 0.4) is 0 Å². The molecule has 0 atom stereocenters. The number of pyridine rings is 1. The van der Waals surface area contributed by atoms with E-state index in [-0.39, 0.29) is 5.56 Å². The van der Waals surface area contributed by atoms with Crippen LogP contribution >= 0.6 is 15.9 Å². The Balaban J connectivity index is 1.76. The number of aryl methyl sites for hydroxylation is 1. The molecule has 24 heavy (non-hydrogen) atoms. The molecule has 124 valence electrons. The molecule has 1 aromatic carbocycles. The number of aromatic nitrogens is 2. The zero-order valence-electron chi connectivity index (χ0n) is 13.9. The average Bonchev–Trinajstić information content (AvgIpc) is 2.56. The second-order valence-corrected chi connectivity index (χ2v) is 6.92. The Kier molecular flexibility index (Phi) is 5.11. The van der Waals surface area contributed by atoms with Crippen molar-refractivity contribution in [1.82, 2.24) is 14.3 Å². The van der Waals surface area contributed by atoms with Gasteiger partial charge in [-0.05, 0) is 52.7 Å². The summed E-state index contributed by atoms with van der Waals surface area (Å²) >= 11 is 3.38. The molecule has 0 bridgehead atoms. The van der Waals surface area contributed by atoms with Gasteiger partial charge in [0.2, 0.25) is 0 Å². The number of hydrogen-bond donors (Lipinski definition) is 0. The molecule has 4 nitrogen and oxygen atoms in total. The monoisotopic (exact) mass is 385 g/mol. The average molecular weight is 386 g/mol. The van der Waals surface area contributed by atoms with Gasteiger partial charge in [-0.15, -0.1) is 0 Å². The summed E-state index contributed by atoms with van der Waals surface area (Å²) in [5.41, 5.74) is 4.00. The van der Waals surface area contributed by atoms with Crippen molar-refractivity contribution >= 4 is 21.6 Å². The van der Waals surface area contributed by atoms with Crippen molar-refractivity contribution in [1.29, 1.82) is 0 Å².